The quantitative estimate of drug-likeness (QED) is 0.736. The molecule has 0 spiro atoms. The van der Waals surface area contributed by atoms with E-state index in [1.54, 1.807) is 12.1 Å². The third kappa shape index (κ3) is 1.75. The molecule has 0 aliphatic carbocycles. The molecule has 15 heavy (non-hydrogen) atoms. The molecule has 0 bridgehead atoms. The van der Waals surface area contributed by atoms with E-state index in [0.717, 1.165) is 0 Å². The highest BCUT2D eigenvalue weighted by Gasteiger charge is 2.44. The minimum Gasteiger partial charge on any atom is -0.264 e. The Balaban J connectivity index is 2.45. The van der Waals surface area contributed by atoms with E-state index in [1.807, 2.05) is 0 Å². The minimum atomic E-state index is -0.977. The summed E-state index contributed by atoms with van der Waals surface area (Å²) < 4.78 is 0. The molecule has 2 N–H and O–H groups in total. The van der Waals surface area contributed by atoms with E-state index in [1.165, 1.54) is 6.07 Å². The molecular formula is C8H6Cl2N3O2+. The van der Waals surface area contributed by atoms with E-state index in [0.29, 0.717) is 15.5 Å². The molecule has 0 radical (unpaired) electrons. The molecule has 1 aromatic carbocycles. The fourth-order valence-corrected chi connectivity index (χ4v) is 1.85. The van der Waals surface area contributed by atoms with Gasteiger partial charge in [0.25, 0.3) is 0 Å². The van der Waals surface area contributed by atoms with E-state index < -0.39 is 11.9 Å². The van der Waals surface area contributed by atoms with E-state index in [2.05, 4.69) is 11.0 Å². The zero-order valence-corrected chi connectivity index (χ0v) is 8.84. The Morgan fingerprint density at radius 1 is 1.33 bits per heavy atom. The lowest BCUT2D eigenvalue weighted by molar-refractivity contribution is -0.623. The average Bonchev–Trinajstić information content (AvgIpc) is 2.48. The van der Waals surface area contributed by atoms with E-state index in [4.69, 9.17) is 23.2 Å². The summed E-state index contributed by atoms with van der Waals surface area (Å²) in [4.78, 5) is 23.0. The van der Waals surface area contributed by atoms with Crippen LogP contribution in [0.2, 0.25) is 10.0 Å². The smallest absolute Gasteiger partial charge is 0.264 e. The second-order valence-electron chi connectivity index (χ2n) is 3.00. The molecule has 2 rings (SSSR count). The molecule has 1 heterocycles. The Kier molecular flexibility index (Phi) is 2.50. The van der Waals surface area contributed by atoms with Gasteiger partial charge in [0.15, 0.2) is 4.87 Å². The molecule has 1 amide bonds. The highest BCUT2D eigenvalue weighted by Crippen LogP contribution is 2.28. The van der Waals surface area contributed by atoms with Gasteiger partial charge in [0.1, 0.15) is 0 Å². The summed E-state index contributed by atoms with van der Waals surface area (Å²) in [5, 5.41) is 0.736. The van der Waals surface area contributed by atoms with Crippen LogP contribution in [0.15, 0.2) is 18.2 Å². The van der Waals surface area contributed by atoms with Gasteiger partial charge in [-0.25, -0.2) is 5.43 Å². The summed E-state index contributed by atoms with van der Waals surface area (Å²) in [5.74, 6) is -0.450. The van der Waals surface area contributed by atoms with Gasteiger partial charge in [-0.05, 0) is 18.2 Å². The molecule has 7 heteroatoms. The third-order valence-electron chi connectivity index (χ3n) is 2.03. The predicted octanol–water partition coefficient (Wildman–Crippen LogP) is 1.36. The number of benzene rings is 1. The lowest BCUT2D eigenvalue weighted by Crippen LogP contribution is -2.28. The first-order valence-electron chi connectivity index (χ1n) is 4.06. The third-order valence-corrected chi connectivity index (χ3v) is 2.59. The first kappa shape index (κ1) is 10.2. The van der Waals surface area contributed by atoms with Gasteiger partial charge in [-0.15, -0.1) is 0 Å². The molecule has 1 aliphatic rings. The van der Waals surface area contributed by atoms with Crippen LogP contribution < -0.4 is 11.0 Å². The molecule has 1 saturated heterocycles. The monoisotopic (exact) mass is 246 g/mol. The number of hydrogen-bond donors (Lipinski definition) is 2. The molecule has 5 nitrogen and oxygen atoms in total. The van der Waals surface area contributed by atoms with Crippen molar-refractivity contribution < 1.29 is 9.66 Å². The molecule has 0 saturated carbocycles. The summed E-state index contributed by atoms with van der Waals surface area (Å²) in [7, 11) is 0. The standard InChI is InChI=1S/C8H5Cl2N3O2/c9-4-1-2-5(6(10)3-4)7-8(14)11-12-13(7)15/h1-3,7H,(H-,11,12,14,15)/p+1. The van der Waals surface area contributed by atoms with Gasteiger partial charge in [-0.3, -0.25) is 4.79 Å². The fraction of sp³-hybridized carbons (Fsp3) is 0.125. The zero-order valence-electron chi connectivity index (χ0n) is 7.33. The average molecular weight is 247 g/mol. The lowest BCUT2D eigenvalue weighted by Gasteiger charge is -2.01. The van der Waals surface area contributed by atoms with Gasteiger partial charge in [0.2, 0.25) is 0 Å². The Bertz CT molecular complexity index is 434. The van der Waals surface area contributed by atoms with E-state index in [9.17, 15) is 9.70 Å². The highest BCUT2D eigenvalue weighted by molar-refractivity contribution is 6.35. The fourth-order valence-electron chi connectivity index (χ4n) is 1.34. The number of nitrogens with zero attached hydrogens (tertiary/aromatic N) is 1. The molecule has 0 aromatic heterocycles. The van der Waals surface area contributed by atoms with Crippen LogP contribution in [0.25, 0.3) is 0 Å². The second kappa shape index (κ2) is 3.67. The van der Waals surface area contributed by atoms with Gasteiger partial charge >= 0.3 is 11.9 Å². The molecule has 1 aromatic rings. The number of carbonyl (C=O) groups is 1. The van der Waals surface area contributed by atoms with Crippen molar-refractivity contribution in [3.8, 4) is 0 Å². The zero-order chi connectivity index (χ0) is 11.0. The number of nitroso groups, excluding NO2 is 1. The molecule has 78 valence electrons. The summed E-state index contributed by atoms with van der Waals surface area (Å²) in [6, 6.07) is 3.63. The van der Waals surface area contributed by atoms with Crippen molar-refractivity contribution in [2.75, 3.05) is 0 Å². The molecule has 1 aliphatic heterocycles. The van der Waals surface area contributed by atoms with Crippen molar-refractivity contribution in [1.82, 2.24) is 11.0 Å². The van der Waals surface area contributed by atoms with Crippen molar-refractivity contribution >= 4 is 29.1 Å². The van der Waals surface area contributed by atoms with Gasteiger partial charge in [-0.2, -0.15) is 0 Å². The second-order valence-corrected chi connectivity index (χ2v) is 3.84. The van der Waals surface area contributed by atoms with Crippen LogP contribution in [0.4, 0.5) is 0 Å². The molecule has 1 fully saturated rings. The molecule has 1 atom stereocenters. The topological polar surface area (TPSA) is 61.2 Å². The Morgan fingerprint density at radius 2 is 2.07 bits per heavy atom. The Morgan fingerprint density at radius 3 is 2.60 bits per heavy atom. The summed E-state index contributed by atoms with van der Waals surface area (Å²) in [5.41, 5.74) is 4.75. The largest absolute Gasteiger partial charge is 0.341 e. The van der Waals surface area contributed by atoms with Crippen molar-refractivity contribution in [3.63, 3.8) is 0 Å². The van der Waals surface area contributed by atoms with E-state index >= 15 is 0 Å². The van der Waals surface area contributed by atoms with Gasteiger partial charge in [-0.1, -0.05) is 28.7 Å². The Hall–Kier alpha value is -1.33. The van der Waals surface area contributed by atoms with Crippen LogP contribution in [0.3, 0.4) is 0 Å². The lowest BCUT2D eigenvalue weighted by atomic mass is 10.1. The van der Waals surface area contributed by atoms with E-state index in [-0.39, 0.29) is 5.02 Å². The van der Waals surface area contributed by atoms with Gasteiger partial charge < -0.3 is 0 Å². The number of halogens is 2. The van der Waals surface area contributed by atoms with Crippen LogP contribution in [-0.2, 0) is 4.79 Å². The summed E-state index contributed by atoms with van der Waals surface area (Å²) in [6.45, 7) is 0. The predicted molar refractivity (Wildman–Crippen MR) is 54.1 cm³/mol. The number of amides is 1. The molecular weight excluding hydrogens is 241 g/mol. The summed E-state index contributed by atoms with van der Waals surface area (Å²) >= 11 is 11.6. The SMILES string of the molecule is O=C1NN[N+](=O)C1c1ccc(Cl)cc1Cl. The van der Waals surface area contributed by atoms with Crippen molar-refractivity contribution in [1.29, 1.82) is 0 Å². The van der Waals surface area contributed by atoms with Crippen molar-refractivity contribution in [2.24, 2.45) is 0 Å². The summed E-state index contributed by atoms with van der Waals surface area (Å²) in [6.07, 6.45) is 0. The van der Waals surface area contributed by atoms with Crippen molar-refractivity contribution in [2.45, 2.75) is 6.04 Å². The van der Waals surface area contributed by atoms with Crippen LogP contribution in [0, 0.1) is 4.91 Å². The number of rotatable bonds is 1. The van der Waals surface area contributed by atoms with Gasteiger partial charge in [0.05, 0.1) is 15.5 Å². The number of hydrazine groups is 2. The van der Waals surface area contributed by atoms with Crippen LogP contribution >= 0.6 is 23.2 Å². The minimum absolute atomic E-state index is 0.284. The number of hydrogen-bond acceptors (Lipinski definition) is 2. The van der Waals surface area contributed by atoms with Crippen LogP contribution in [0.5, 0.6) is 0 Å². The number of nitrogens with one attached hydrogen (secondary N) is 2. The molecule has 1 unspecified atom stereocenters. The normalized spacial score (nSPS) is 20.0. The number of carbonyl (C=O) groups excluding carboxylic acids is 1. The highest BCUT2D eigenvalue weighted by atomic mass is 35.5. The first-order valence-corrected chi connectivity index (χ1v) is 4.82. The maximum Gasteiger partial charge on any atom is 0.341 e. The van der Waals surface area contributed by atoms with Crippen LogP contribution in [-0.4, -0.2) is 10.8 Å². The Labute approximate surface area is 94.9 Å². The van der Waals surface area contributed by atoms with Crippen molar-refractivity contribution in [3.05, 3.63) is 38.7 Å². The van der Waals surface area contributed by atoms with Gasteiger partial charge in [0, 0.05) is 5.02 Å². The maximum absolute atomic E-state index is 11.3. The maximum atomic E-state index is 11.3. The van der Waals surface area contributed by atoms with Crippen LogP contribution in [0.1, 0.15) is 11.6 Å². The first-order chi connectivity index (χ1) is 7.09.